The maximum Gasteiger partial charge on any atom is 0.411 e. The smallest absolute Gasteiger partial charge is 0.411 e. The summed E-state index contributed by atoms with van der Waals surface area (Å²) < 4.78 is 5.96. The molecule has 0 bridgehead atoms. The van der Waals surface area contributed by atoms with Gasteiger partial charge in [0.1, 0.15) is 12.7 Å². The van der Waals surface area contributed by atoms with E-state index in [-0.39, 0.29) is 24.7 Å². The molecule has 5 aromatic rings. The summed E-state index contributed by atoms with van der Waals surface area (Å²) in [5.74, 6) is -0.775. The third-order valence-electron chi connectivity index (χ3n) is 10.1. The number of benzene rings is 5. The van der Waals surface area contributed by atoms with Crippen LogP contribution in [0.25, 0.3) is 0 Å². The van der Waals surface area contributed by atoms with Crippen LogP contribution in [0.4, 0.5) is 16.2 Å². The SMILES string of the molecule is O=C(OCc1ccccc1)N1C[C@H]2ON(c3ccccc3)[C@H](c3ccc([N+](=O)[O-])cc3)[C@H]2[C@@]12C(=O)N(Cc1ccccc1)[C@H]2c1ccccc1. The van der Waals surface area contributed by atoms with Crippen LogP contribution in [-0.2, 0) is 27.5 Å². The minimum Gasteiger partial charge on any atom is -0.445 e. The fraction of sp³-hybridized carbons (Fsp3) is 0.200. The predicted molar refractivity (Wildman–Crippen MR) is 185 cm³/mol. The van der Waals surface area contributed by atoms with Gasteiger partial charge in [-0.15, -0.1) is 0 Å². The first-order valence-corrected chi connectivity index (χ1v) is 16.6. The summed E-state index contributed by atoms with van der Waals surface area (Å²) in [6, 6.07) is 43.8. The van der Waals surface area contributed by atoms with Crippen molar-refractivity contribution in [2.24, 2.45) is 5.92 Å². The van der Waals surface area contributed by atoms with Crippen molar-refractivity contribution in [3.63, 3.8) is 0 Å². The Morgan fingerprint density at radius 1 is 0.780 bits per heavy atom. The van der Waals surface area contributed by atoms with Crippen LogP contribution < -0.4 is 5.06 Å². The average Bonchev–Trinajstić information content (AvgIpc) is 3.71. The van der Waals surface area contributed by atoms with Gasteiger partial charge in [0.05, 0.1) is 35.2 Å². The van der Waals surface area contributed by atoms with Crippen molar-refractivity contribution >= 4 is 23.4 Å². The number of carbonyl (C=O) groups excluding carboxylic acids is 2. The fourth-order valence-electron chi connectivity index (χ4n) is 8.00. The number of fused-ring (bicyclic) bond motifs is 2. The van der Waals surface area contributed by atoms with Crippen molar-refractivity contribution in [3.8, 4) is 0 Å². The maximum atomic E-state index is 15.2. The fourth-order valence-corrected chi connectivity index (χ4v) is 8.00. The lowest BCUT2D eigenvalue weighted by molar-refractivity contribution is -0.384. The van der Waals surface area contributed by atoms with Crippen molar-refractivity contribution in [1.82, 2.24) is 9.80 Å². The molecule has 3 aliphatic rings. The van der Waals surface area contributed by atoms with E-state index >= 15 is 4.79 Å². The zero-order chi connectivity index (χ0) is 34.2. The van der Waals surface area contributed by atoms with Gasteiger partial charge in [0.15, 0.2) is 5.54 Å². The van der Waals surface area contributed by atoms with E-state index in [1.54, 1.807) is 22.1 Å². The van der Waals surface area contributed by atoms with Crippen molar-refractivity contribution in [2.75, 3.05) is 11.6 Å². The van der Waals surface area contributed by atoms with E-state index in [2.05, 4.69) is 0 Å². The molecule has 0 radical (unpaired) electrons. The third-order valence-corrected chi connectivity index (χ3v) is 10.1. The van der Waals surface area contributed by atoms with Crippen molar-refractivity contribution in [3.05, 3.63) is 178 Å². The number of amides is 2. The van der Waals surface area contributed by atoms with E-state index in [0.717, 1.165) is 27.9 Å². The summed E-state index contributed by atoms with van der Waals surface area (Å²) in [6.45, 7) is 0.498. The molecule has 0 saturated carbocycles. The molecule has 10 heteroatoms. The zero-order valence-corrected chi connectivity index (χ0v) is 27.0. The Kier molecular flexibility index (Phi) is 8.00. The third kappa shape index (κ3) is 5.16. The number of hydroxylamine groups is 1. The molecule has 5 atom stereocenters. The Morgan fingerprint density at radius 2 is 1.36 bits per heavy atom. The molecule has 3 aliphatic heterocycles. The number of nitro benzene ring substituents is 1. The molecule has 250 valence electrons. The largest absolute Gasteiger partial charge is 0.445 e. The first kappa shape index (κ1) is 31.3. The standard InChI is InChI=1S/C40H34N4O6/c45-38-40(37(31-17-9-3-10-18-31)41(38)25-28-13-5-1-6-14-28)35-34(26-42(40)39(46)49-27-29-15-7-2-8-16-29)50-43(32-19-11-4-12-20-32)36(35)30-21-23-33(24-22-30)44(47)48/h1-24,34-37H,25-27H2/t34-,35+,36-,37+,40-/m1/s1. The number of hydrogen-bond donors (Lipinski definition) is 0. The van der Waals surface area contributed by atoms with Crippen molar-refractivity contribution in [2.45, 2.75) is 36.9 Å². The van der Waals surface area contributed by atoms with Gasteiger partial charge in [0.2, 0.25) is 0 Å². The van der Waals surface area contributed by atoms with Crippen LogP contribution in [0.2, 0.25) is 0 Å². The number of hydrogen-bond acceptors (Lipinski definition) is 7. The molecule has 3 heterocycles. The quantitative estimate of drug-likeness (QED) is 0.0976. The maximum absolute atomic E-state index is 15.2. The van der Waals surface area contributed by atoms with Gasteiger partial charge in [-0.05, 0) is 34.4 Å². The highest BCUT2D eigenvalue weighted by molar-refractivity contribution is 5.99. The van der Waals surface area contributed by atoms with E-state index in [9.17, 15) is 14.9 Å². The highest BCUT2D eigenvalue weighted by Crippen LogP contribution is 2.63. The van der Waals surface area contributed by atoms with Crippen LogP contribution in [-0.4, -0.2) is 44.9 Å². The van der Waals surface area contributed by atoms with Crippen LogP contribution in [0.3, 0.4) is 0 Å². The lowest BCUT2D eigenvalue weighted by atomic mass is 9.64. The molecule has 10 nitrogen and oxygen atoms in total. The number of ether oxygens (including phenoxy) is 1. The molecule has 3 saturated heterocycles. The minimum absolute atomic E-state index is 0.0429. The zero-order valence-electron chi connectivity index (χ0n) is 27.0. The van der Waals surface area contributed by atoms with E-state index in [4.69, 9.17) is 9.57 Å². The molecule has 2 amide bonds. The molecular formula is C40H34N4O6. The number of nitro groups is 1. The summed E-state index contributed by atoms with van der Waals surface area (Å²) in [5, 5.41) is 13.4. The van der Waals surface area contributed by atoms with Crippen molar-refractivity contribution in [1.29, 1.82) is 0 Å². The first-order chi connectivity index (χ1) is 24.5. The van der Waals surface area contributed by atoms with E-state index in [1.165, 1.54) is 12.1 Å². The van der Waals surface area contributed by atoms with Gasteiger partial charge in [-0.1, -0.05) is 121 Å². The van der Waals surface area contributed by atoms with Gasteiger partial charge in [-0.25, -0.2) is 9.86 Å². The minimum atomic E-state index is -1.40. The monoisotopic (exact) mass is 666 g/mol. The molecule has 0 unspecified atom stereocenters. The normalized spacial score (nSPS) is 23.8. The molecule has 50 heavy (non-hydrogen) atoms. The lowest BCUT2D eigenvalue weighted by Gasteiger charge is -2.60. The van der Waals surface area contributed by atoms with E-state index in [0.29, 0.717) is 6.54 Å². The molecule has 3 fully saturated rings. The summed E-state index contributed by atoms with van der Waals surface area (Å²) in [4.78, 5) is 50.9. The number of nitrogens with zero attached hydrogens (tertiary/aromatic N) is 4. The molecule has 1 spiro atoms. The Bertz CT molecular complexity index is 2000. The van der Waals surface area contributed by atoms with Crippen LogP contribution in [0.15, 0.2) is 146 Å². The number of anilines is 1. The van der Waals surface area contributed by atoms with Gasteiger partial charge < -0.3 is 9.64 Å². The Labute approximate surface area is 289 Å². The van der Waals surface area contributed by atoms with Crippen molar-refractivity contribution < 1.29 is 24.1 Å². The molecule has 5 aromatic carbocycles. The molecule has 8 rings (SSSR count). The van der Waals surface area contributed by atoms with Gasteiger partial charge in [-0.2, -0.15) is 0 Å². The number of carbonyl (C=O) groups is 2. The number of rotatable bonds is 8. The number of likely N-dealkylation sites (tertiary alicyclic amines) is 2. The van der Waals surface area contributed by atoms with Crippen LogP contribution in [0, 0.1) is 16.0 Å². The van der Waals surface area contributed by atoms with Gasteiger partial charge in [0, 0.05) is 18.7 Å². The second kappa shape index (κ2) is 12.8. The van der Waals surface area contributed by atoms with E-state index in [1.807, 2.05) is 126 Å². The molecule has 0 aromatic heterocycles. The van der Waals surface area contributed by atoms with Gasteiger partial charge >= 0.3 is 6.09 Å². The Balaban J connectivity index is 1.28. The summed E-state index contributed by atoms with van der Waals surface area (Å²) in [6.07, 6.45) is -1.19. The highest BCUT2D eigenvalue weighted by Gasteiger charge is 2.78. The number of para-hydroxylation sites is 1. The summed E-state index contributed by atoms with van der Waals surface area (Å²) in [7, 11) is 0. The molecule has 0 N–H and O–H groups in total. The number of β-lactam (4-membered cyclic amide) rings is 1. The average molecular weight is 667 g/mol. The first-order valence-electron chi connectivity index (χ1n) is 16.6. The summed E-state index contributed by atoms with van der Waals surface area (Å²) in [5.41, 5.74) is 2.73. The highest BCUT2D eigenvalue weighted by atomic mass is 16.7. The Hall–Kier alpha value is -6.00. The van der Waals surface area contributed by atoms with Gasteiger partial charge in [0.25, 0.3) is 11.6 Å². The van der Waals surface area contributed by atoms with Crippen LogP contribution in [0.5, 0.6) is 0 Å². The summed E-state index contributed by atoms with van der Waals surface area (Å²) >= 11 is 0. The van der Waals surface area contributed by atoms with E-state index < -0.39 is 40.7 Å². The molecule has 0 aliphatic carbocycles. The van der Waals surface area contributed by atoms with Crippen LogP contribution in [0.1, 0.15) is 34.3 Å². The number of non-ortho nitro benzene ring substituents is 1. The lowest BCUT2D eigenvalue weighted by Crippen LogP contribution is -2.76. The van der Waals surface area contributed by atoms with Gasteiger partial charge in [-0.3, -0.25) is 24.6 Å². The molecular weight excluding hydrogens is 632 g/mol. The van der Waals surface area contributed by atoms with Crippen LogP contribution >= 0.6 is 0 Å². The topological polar surface area (TPSA) is 105 Å². The predicted octanol–water partition coefficient (Wildman–Crippen LogP) is 7.25. The second-order valence-electron chi connectivity index (χ2n) is 12.8. The second-order valence-corrected chi connectivity index (χ2v) is 12.8. The Morgan fingerprint density at radius 3 is 1.98 bits per heavy atom.